The highest BCUT2D eigenvalue weighted by Crippen LogP contribution is 2.41. The summed E-state index contributed by atoms with van der Waals surface area (Å²) in [7, 11) is 2.08. The van der Waals surface area contributed by atoms with E-state index in [1.807, 2.05) is 29.5 Å². The number of fused-ring (bicyclic) bond motifs is 3. The minimum Gasteiger partial charge on any atom is -0.238 e. The lowest BCUT2D eigenvalue weighted by atomic mass is 10.0. The second-order valence-corrected chi connectivity index (χ2v) is 6.78. The van der Waals surface area contributed by atoms with Gasteiger partial charge in [0.15, 0.2) is 11.9 Å². The van der Waals surface area contributed by atoms with Gasteiger partial charge in [-0.05, 0) is 35.4 Å². The molecule has 0 radical (unpaired) electrons. The average molecular weight is 315 g/mol. The third-order valence-electron chi connectivity index (χ3n) is 4.27. The lowest BCUT2D eigenvalue weighted by Gasteiger charge is -2.06. The maximum absolute atomic E-state index is 7.24. The molecule has 0 aliphatic rings. The van der Waals surface area contributed by atoms with Crippen LogP contribution in [0.15, 0.2) is 54.7 Å². The molecule has 0 aliphatic heterocycles. The van der Waals surface area contributed by atoms with E-state index in [9.17, 15) is 0 Å². The predicted molar refractivity (Wildman–Crippen MR) is 96.9 cm³/mol. The van der Waals surface area contributed by atoms with Crippen LogP contribution in [0.25, 0.3) is 36.3 Å². The van der Waals surface area contributed by atoms with Crippen molar-refractivity contribution in [2.75, 3.05) is 0 Å². The predicted octanol–water partition coefficient (Wildman–Crippen LogP) is 5.41. The van der Waals surface area contributed by atoms with Crippen molar-refractivity contribution in [2.45, 2.75) is 6.92 Å². The Balaban J connectivity index is 2.15. The van der Waals surface area contributed by atoms with Crippen molar-refractivity contribution >= 4 is 37.2 Å². The zero-order chi connectivity index (χ0) is 16.0. The molecule has 0 spiro atoms. The molecule has 2 aromatic heterocycles. The number of aromatic nitrogens is 1. The zero-order valence-electron chi connectivity index (χ0n) is 13.0. The molecule has 0 saturated heterocycles. The van der Waals surface area contributed by atoms with Crippen LogP contribution in [0.3, 0.4) is 0 Å². The van der Waals surface area contributed by atoms with Crippen molar-refractivity contribution in [1.82, 2.24) is 0 Å². The molecule has 4 rings (SSSR count). The first-order valence-corrected chi connectivity index (χ1v) is 8.29. The Morgan fingerprint density at radius 3 is 2.70 bits per heavy atom. The monoisotopic (exact) mass is 315 g/mol. The van der Waals surface area contributed by atoms with E-state index >= 15 is 0 Å². The normalized spacial score (nSPS) is 11.0. The Labute approximate surface area is 139 Å². The van der Waals surface area contributed by atoms with E-state index in [-0.39, 0.29) is 0 Å². The fraction of sp³-hybridized carbons (Fsp3) is 0.100. The standard InChI is InChI=1S/C20H15N2S/c1-13-7-9-15-16-12-14(21-2)8-10-18(16)23-20(15)19(13)17-6-4-5-11-22(17)3/h4-12H,1,3H3/q+1. The first-order chi connectivity index (χ1) is 11.2. The summed E-state index contributed by atoms with van der Waals surface area (Å²) in [5, 5.41) is 2.42. The van der Waals surface area contributed by atoms with Gasteiger partial charge in [0.25, 0.3) is 0 Å². The topological polar surface area (TPSA) is 8.24 Å². The van der Waals surface area contributed by atoms with Gasteiger partial charge in [-0.3, -0.25) is 0 Å². The van der Waals surface area contributed by atoms with Crippen LogP contribution in [0.5, 0.6) is 0 Å². The highest BCUT2D eigenvalue weighted by molar-refractivity contribution is 7.26. The highest BCUT2D eigenvalue weighted by Gasteiger charge is 2.18. The quantitative estimate of drug-likeness (QED) is 0.328. The summed E-state index contributed by atoms with van der Waals surface area (Å²) in [5.74, 6) is 0. The molecule has 23 heavy (non-hydrogen) atoms. The molecule has 0 N–H and O–H groups in total. The maximum Gasteiger partial charge on any atom is 0.213 e. The Kier molecular flexibility index (Phi) is 3.14. The van der Waals surface area contributed by atoms with E-state index in [1.165, 1.54) is 37.0 Å². The number of rotatable bonds is 1. The zero-order valence-corrected chi connectivity index (χ0v) is 13.8. The summed E-state index contributed by atoms with van der Waals surface area (Å²) >= 11 is 1.81. The number of hydrogen-bond acceptors (Lipinski definition) is 1. The molecular formula is C20H15N2S+. The van der Waals surface area contributed by atoms with E-state index in [0.29, 0.717) is 5.69 Å². The van der Waals surface area contributed by atoms with Crippen LogP contribution in [-0.4, -0.2) is 0 Å². The van der Waals surface area contributed by atoms with Crippen LogP contribution in [0.4, 0.5) is 5.69 Å². The smallest absolute Gasteiger partial charge is 0.213 e. The molecule has 2 heterocycles. The number of pyridine rings is 1. The van der Waals surface area contributed by atoms with Crippen LogP contribution in [0.1, 0.15) is 5.56 Å². The molecule has 0 amide bonds. The van der Waals surface area contributed by atoms with Crippen molar-refractivity contribution in [3.63, 3.8) is 0 Å². The van der Waals surface area contributed by atoms with Crippen molar-refractivity contribution in [1.29, 1.82) is 0 Å². The van der Waals surface area contributed by atoms with E-state index in [4.69, 9.17) is 6.57 Å². The summed E-state index contributed by atoms with van der Waals surface area (Å²) in [5.41, 5.74) is 4.48. The van der Waals surface area contributed by atoms with E-state index < -0.39 is 0 Å². The van der Waals surface area contributed by atoms with Crippen molar-refractivity contribution < 1.29 is 4.57 Å². The Bertz CT molecular complexity index is 1100. The van der Waals surface area contributed by atoms with Gasteiger partial charge in [-0.2, -0.15) is 0 Å². The summed E-state index contributed by atoms with van der Waals surface area (Å²) in [6.45, 7) is 9.41. The van der Waals surface area contributed by atoms with Gasteiger partial charge in [0.2, 0.25) is 5.69 Å². The number of benzene rings is 2. The molecule has 0 saturated carbocycles. The van der Waals surface area contributed by atoms with Gasteiger partial charge in [0, 0.05) is 21.5 Å². The Hall–Kier alpha value is -2.70. The van der Waals surface area contributed by atoms with Crippen LogP contribution < -0.4 is 4.57 Å². The summed E-state index contributed by atoms with van der Waals surface area (Å²) in [6, 6.07) is 16.6. The number of nitrogens with zero attached hydrogens (tertiary/aromatic N) is 2. The molecule has 0 bridgehead atoms. The Morgan fingerprint density at radius 1 is 1.04 bits per heavy atom. The fourth-order valence-electron chi connectivity index (χ4n) is 3.10. The number of aryl methyl sites for hydroxylation is 2. The van der Waals surface area contributed by atoms with Gasteiger partial charge in [-0.25, -0.2) is 9.41 Å². The summed E-state index contributed by atoms with van der Waals surface area (Å²) < 4.78 is 4.69. The van der Waals surface area contributed by atoms with Gasteiger partial charge in [-0.1, -0.05) is 24.3 Å². The summed E-state index contributed by atoms with van der Waals surface area (Å²) in [6.07, 6.45) is 2.08. The van der Waals surface area contributed by atoms with Crippen molar-refractivity contribution in [3.8, 4) is 11.3 Å². The molecule has 0 fully saturated rings. The van der Waals surface area contributed by atoms with Gasteiger partial charge in [0.1, 0.15) is 7.05 Å². The van der Waals surface area contributed by atoms with E-state index in [1.54, 1.807) is 0 Å². The molecule has 2 aromatic carbocycles. The van der Waals surface area contributed by atoms with Gasteiger partial charge >= 0.3 is 0 Å². The Morgan fingerprint density at radius 2 is 1.91 bits per heavy atom. The largest absolute Gasteiger partial charge is 0.238 e. The molecule has 0 aliphatic carbocycles. The molecule has 110 valence electrons. The molecule has 3 heteroatoms. The minimum absolute atomic E-state index is 0.699. The van der Waals surface area contributed by atoms with Crippen LogP contribution in [0.2, 0.25) is 0 Å². The fourth-order valence-corrected chi connectivity index (χ4v) is 4.39. The van der Waals surface area contributed by atoms with Gasteiger partial charge < -0.3 is 0 Å². The third-order valence-corrected chi connectivity index (χ3v) is 5.48. The lowest BCUT2D eigenvalue weighted by molar-refractivity contribution is -0.660. The van der Waals surface area contributed by atoms with E-state index in [2.05, 4.69) is 59.9 Å². The molecule has 4 aromatic rings. The average Bonchev–Trinajstić information content (AvgIpc) is 2.93. The third kappa shape index (κ3) is 2.11. The molecule has 0 unspecified atom stereocenters. The lowest BCUT2D eigenvalue weighted by Crippen LogP contribution is -2.30. The van der Waals surface area contributed by atoms with Gasteiger partial charge in [-0.15, -0.1) is 11.3 Å². The summed E-state index contributed by atoms with van der Waals surface area (Å²) in [4.78, 5) is 3.57. The first-order valence-electron chi connectivity index (χ1n) is 7.47. The number of thiophene rings is 1. The minimum atomic E-state index is 0.699. The van der Waals surface area contributed by atoms with Crippen molar-refractivity contribution in [3.05, 3.63) is 71.7 Å². The van der Waals surface area contributed by atoms with Crippen LogP contribution in [0, 0.1) is 13.5 Å². The molecule has 2 nitrogen and oxygen atoms in total. The van der Waals surface area contributed by atoms with Crippen LogP contribution in [-0.2, 0) is 7.05 Å². The highest BCUT2D eigenvalue weighted by atomic mass is 32.1. The molecule has 0 atom stereocenters. The van der Waals surface area contributed by atoms with Crippen LogP contribution >= 0.6 is 11.3 Å². The first kappa shape index (κ1) is 13.9. The second-order valence-electron chi connectivity index (χ2n) is 5.73. The second kappa shape index (κ2) is 5.19. The maximum atomic E-state index is 7.24. The number of hydrogen-bond donors (Lipinski definition) is 0. The van der Waals surface area contributed by atoms with Gasteiger partial charge in [0.05, 0.1) is 12.1 Å². The van der Waals surface area contributed by atoms with Crippen molar-refractivity contribution in [2.24, 2.45) is 7.05 Å². The van der Waals surface area contributed by atoms with E-state index in [0.717, 1.165) is 0 Å². The molecular weight excluding hydrogens is 300 g/mol. The SMILES string of the molecule is [C-]#[N+]c1ccc2sc3c(-c4cccc[n+]4C)c(C)ccc3c2c1.